The Kier molecular flexibility index (Phi) is 3.24. The van der Waals surface area contributed by atoms with Gasteiger partial charge in [0.15, 0.2) is 0 Å². The van der Waals surface area contributed by atoms with Crippen LogP contribution in [0, 0.1) is 5.41 Å². The Bertz CT molecular complexity index is 277. The summed E-state index contributed by atoms with van der Waals surface area (Å²) in [6.45, 7) is 8.93. The zero-order chi connectivity index (χ0) is 11.8. The van der Waals surface area contributed by atoms with Crippen LogP contribution in [0.1, 0.15) is 46.5 Å². The number of nitrogens with two attached hydrogens (primary N) is 1. The molecule has 2 N–H and O–H groups in total. The highest BCUT2D eigenvalue weighted by Crippen LogP contribution is 2.29. The molecule has 2 heterocycles. The molecule has 2 unspecified atom stereocenters. The quantitative estimate of drug-likeness (QED) is 0.546. The molecular formula is C13H25N3. The monoisotopic (exact) mass is 223 g/mol. The first-order valence-electron chi connectivity index (χ1n) is 6.54. The standard InChI is InChI=1S/C13H25N3/c1-13(2,3)12(14)15-10-6-8-16-7-4-5-11(16)9-10/h10-11H,4-9H2,1-3H3,(H2,14,15). The number of amidine groups is 1. The van der Waals surface area contributed by atoms with Gasteiger partial charge in [-0.15, -0.1) is 0 Å². The second-order valence-corrected chi connectivity index (χ2v) is 6.27. The Morgan fingerprint density at radius 3 is 2.69 bits per heavy atom. The van der Waals surface area contributed by atoms with Crippen molar-refractivity contribution in [2.75, 3.05) is 13.1 Å². The zero-order valence-electron chi connectivity index (χ0n) is 10.9. The van der Waals surface area contributed by atoms with Gasteiger partial charge in [0, 0.05) is 18.0 Å². The van der Waals surface area contributed by atoms with Crippen LogP contribution in [-0.2, 0) is 0 Å². The number of aliphatic imine (C=N–C) groups is 1. The van der Waals surface area contributed by atoms with Crippen molar-refractivity contribution < 1.29 is 0 Å². The largest absolute Gasteiger partial charge is 0.387 e. The summed E-state index contributed by atoms with van der Waals surface area (Å²) in [5, 5.41) is 0. The van der Waals surface area contributed by atoms with Crippen LogP contribution in [-0.4, -0.2) is 35.9 Å². The Morgan fingerprint density at radius 1 is 1.25 bits per heavy atom. The first-order valence-corrected chi connectivity index (χ1v) is 6.54. The molecule has 2 atom stereocenters. The van der Waals surface area contributed by atoms with Crippen LogP contribution in [0.15, 0.2) is 4.99 Å². The first kappa shape index (κ1) is 11.9. The Morgan fingerprint density at radius 2 is 2.00 bits per heavy atom. The molecule has 2 aliphatic rings. The lowest BCUT2D eigenvalue weighted by molar-refractivity contribution is 0.182. The van der Waals surface area contributed by atoms with Crippen molar-refractivity contribution in [3.05, 3.63) is 0 Å². The van der Waals surface area contributed by atoms with Gasteiger partial charge in [0.2, 0.25) is 0 Å². The van der Waals surface area contributed by atoms with Crippen LogP contribution in [0.3, 0.4) is 0 Å². The topological polar surface area (TPSA) is 41.6 Å². The fraction of sp³-hybridized carbons (Fsp3) is 0.923. The first-order chi connectivity index (χ1) is 7.47. The van der Waals surface area contributed by atoms with Gasteiger partial charge in [0.1, 0.15) is 0 Å². The highest BCUT2D eigenvalue weighted by atomic mass is 15.2. The van der Waals surface area contributed by atoms with Crippen molar-refractivity contribution in [3.63, 3.8) is 0 Å². The van der Waals surface area contributed by atoms with E-state index in [0.717, 1.165) is 11.9 Å². The highest BCUT2D eigenvalue weighted by molar-refractivity contribution is 5.85. The summed E-state index contributed by atoms with van der Waals surface area (Å²) >= 11 is 0. The number of nitrogens with zero attached hydrogens (tertiary/aromatic N) is 2. The number of hydrogen-bond donors (Lipinski definition) is 1. The van der Waals surface area contributed by atoms with Crippen LogP contribution in [0.4, 0.5) is 0 Å². The van der Waals surface area contributed by atoms with Crippen LogP contribution in [0.25, 0.3) is 0 Å². The van der Waals surface area contributed by atoms with Crippen molar-refractivity contribution in [2.24, 2.45) is 16.1 Å². The van der Waals surface area contributed by atoms with E-state index in [1.807, 2.05) is 0 Å². The molecule has 0 amide bonds. The van der Waals surface area contributed by atoms with E-state index in [1.54, 1.807) is 0 Å². The Hall–Kier alpha value is -0.570. The van der Waals surface area contributed by atoms with Crippen molar-refractivity contribution in [1.82, 2.24) is 4.90 Å². The highest BCUT2D eigenvalue weighted by Gasteiger charge is 2.32. The van der Waals surface area contributed by atoms with Crippen molar-refractivity contribution in [2.45, 2.75) is 58.5 Å². The molecule has 2 aliphatic heterocycles. The molecule has 92 valence electrons. The molecule has 2 fully saturated rings. The predicted octanol–water partition coefficient (Wildman–Crippen LogP) is 2.02. The number of piperidine rings is 1. The van der Waals surface area contributed by atoms with Gasteiger partial charge in [-0.2, -0.15) is 0 Å². The molecule has 0 bridgehead atoms. The van der Waals surface area contributed by atoms with Crippen molar-refractivity contribution in [3.8, 4) is 0 Å². The van der Waals surface area contributed by atoms with Gasteiger partial charge in [-0.05, 0) is 32.2 Å². The Balaban J connectivity index is 1.97. The maximum absolute atomic E-state index is 6.06. The van der Waals surface area contributed by atoms with E-state index in [2.05, 4.69) is 25.7 Å². The number of rotatable bonds is 1. The summed E-state index contributed by atoms with van der Waals surface area (Å²) in [5.41, 5.74) is 6.08. The normalized spacial score (nSPS) is 32.8. The second kappa shape index (κ2) is 4.36. The molecule has 16 heavy (non-hydrogen) atoms. The fourth-order valence-electron chi connectivity index (χ4n) is 2.71. The van der Waals surface area contributed by atoms with Gasteiger partial charge in [-0.1, -0.05) is 20.8 Å². The van der Waals surface area contributed by atoms with Gasteiger partial charge < -0.3 is 10.6 Å². The maximum Gasteiger partial charge on any atom is 0.0994 e. The van der Waals surface area contributed by atoms with E-state index in [4.69, 9.17) is 10.7 Å². The molecule has 0 spiro atoms. The van der Waals surface area contributed by atoms with Gasteiger partial charge in [0.05, 0.1) is 11.9 Å². The summed E-state index contributed by atoms with van der Waals surface area (Å²) in [6, 6.07) is 1.26. The molecule has 3 nitrogen and oxygen atoms in total. The van der Waals surface area contributed by atoms with Gasteiger partial charge >= 0.3 is 0 Å². The minimum atomic E-state index is 0.0206. The molecule has 0 aliphatic carbocycles. The van der Waals surface area contributed by atoms with Gasteiger partial charge in [-0.3, -0.25) is 4.99 Å². The molecule has 0 saturated carbocycles. The average molecular weight is 223 g/mol. The van der Waals surface area contributed by atoms with Gasteiger partial charge in [0.25, 0.3) is 0 Å². The van der Waals surface area contributed by atoms with E-state index < -0.39 is 0 Å². The lowest BCUT2D eigenvalue weighted by Crippen LogP contribution is -2.41. The molecule has 0 aromatic heterocycles. The average Bonchev–Trinajstić information content (AvgIpc) is 2.63. The van der Waals surface area contributed by atoms with E-state index in [1.165, 1.54) is 38.8 Å². The molecule has 2 rings (SSSR count). The summed E-state index contributed by atoms with van der Waals surface area (Å²) in [5.74, 6) is 0.823. The van der Waals surface area contributed by atoms with E-state index >= 15 is 0 Å². The van der Waals surface area contributed by atoms with Crippen LogP contribution >= 0.6 is 0 Å². The fourth-order valence-corrected chi connectivity index (χ4v) is 2.71. The van der Waals surface area contributed by atoms with Crippen molar-refractivity contribution >= 4 is 5.84 Å². The van der Waals surface area contributed by atoms with Crippen molar-refractivity contribution in [1.29, 1.82) is 0 Å². The van der Waals surface area contributed by atoms with E-state index in [9.17, 15) is 0 Å². The van der Waals surface area contributed by atoms with E-state index in [-0.39, 0.29) is 5.41 Å². The smallest absolute Gasteiger partial charge is 0.0994 e. The van der Waals surface area contributed by atoms with Crippen LogP contribution in [0.5, 0.6) is 0 Å². The lowest BCUT2D eigenvalue weighted by Gasteiger charge is -2.33. The molecule has 0 radical (unpaired) electrons. The predicted molar refractivity (Wildman–Crippen MR) is 68.7 cm³/mol. The third kappa shape index (κ3) is 2.57. The summed E-state index contributed by atoms with van der Waals surface area (Å²) in [6.07, 6.45) is 5.14. The molecule has 0 aromatic carbocycles. The van der Waals surface area contributed by atoms with Gasteiger partial charge in [-0.25, -0.2) is 0 Å². The lowest BCUT2D eigenvalue weighted by atomic mass is 9.93. The molecule has 3 heteroatoms. The summed E-state index contributed by atoms with van der Waals surface area (Å²) in [4.78, 5) is 7.36. The maximum atomic E-state index is 6.06. The minimum absolute atomic E-state index is 0.0206. The Labute approximate surface area is 99.1 Å². The van der Waals surface area contributed by atoms with Crippen LogP contribution in [0.2, 0.25) is 0 Å². The molecule has 0 aromatic rings. The molecular weight excluding hydrogens is 198 g/mol. The third-order valence-electron chi connectivity index (χ3n) is 3.88. The summed E-state index contributed by atoms with van der Waals surface area (Å²) in [7, 11) is 0. The zero-order valence-corrected chi connectivity index (χ0v) is 10.9. The molecule has 2 saturated heterocycles. The third-order valence-corrected chi connectivity index (χ3v) is 3.88. The number of fused-ring (bicyclic) bond motifs is 1. The van der Waals surface area contributed by atoms with E-state index in [0.29, 0.717) is 6.04 Å². The second-order valence-electron chi connectivity index (χ2n) is 6.27. The SMILES string of the molecule is CC(C)(C)C(N)=NC1CCN2CCCC2C1. The number of hydrogen-bond acceptors (Lipinski definition) is 2. The minimum Gasteiger partial charge on any atom is -0.387 e. The van der Waals surface area contributed by atoms with Crippen LogP contribution < -0.4 is 5.73 Å². The summed E-state index contributed by atoms with van der Waals surface area (Å²) < 4.78 is 0.